The number of carbonyl (C=O) groups is 1. The normalized spacial score (nSPS) is 11.5. The molecule has 0 aliphatic heterocycles. The molecule has 13 heavy (non-hydrogen) atoms. The van der Waals surface area contributed by atoms with Crippen LogP contribution >= 0.6 is 0 Å². The summed E-state index contributed by atoms with van der Waals surface area (Å²) in [4.78, 5) is 10.9. The van der Waals surface area contributed by atoms with Crippen molar-refractivity contribution in [1.82, 2.24) is 6.15 Å². The molecule has 3 nitrogen and oxygen atoms in total. The lowest BCUT2D eigenvalue weighted by Gasteiger charge is -2.37. The van der Waals surface area contributed by atoms with E-state index in [0.29, 0.717) is 0 Å². The molecule has 0 bridgehead atoms. The first-order valence-corrected chi connectivity index (χ1v) is 4.06. The van der Waals surface area contributed by atoms with E-state index in [0.717, 1.165) is 0 Å². The predicted octanol–water partition coefficient (Wildman–Crippen LogP) is 2.70. The molecule has 0 aromatic carbocycles. The number of carbonyl (C=O) groups excluding carboxylic acids is 1. The van der Waals surface area contributed by atoms with Crippen molar-refractivity contribution in [1.29, 1.82) is 0 Å². The summed E-state index contributed by atoms with van der Waals surface area (Å²) in [6.07, 6.45) is 1.19. The second-order valence-corrected chi connectivity index (χ2v) is 4.39. The number of esters is 1. The molecule has 0 aliphatic rings. The maximum absolute atomic E-state index is 10.9. The Hall–Kier alpha value is -0.830. The van der Waals surface area contributed by atoms with Gasteiger partial charge >= 0.3 is 5.97 Å². The zero-order valence-corrected chi connectivity index (χ0v) is 9.31. The number of rotatable bonds is 2. The summed E-state index contributed by atoms with van der Waals surface area (Å²) in [6.45, 7) is 13.2. The Morgan fingerprint density at radius 2 is 1.62 bits per heavy atom. The van der Waals surface area contributed by atoms with Crippen LogP contribution in [0.15, 0.2) is 12.7 Å². The van der Waals surface area contributed by atoms with Crippen molar-refractivity contribution in [3.63, 3.8) is 0 Å². The Bertz CT molecular complexity index is 190. The van der Waals surface area contributed by atoms with Gasteiger partial charge in [0, 0.05) is 11.5 Å². The maximum Gasteiger partial charge on any atom is 0.330 e. The van der Waals surface area contributed by atoms with Crippen LogP contribution in [0.25, 0.3) is 0 Å². The quantitative estimate of drug-likeness (QED) is 0.534. The highest BCUT2D eigenvalue weighted by molar-refractivity contribution is 5.81. The average molecular weight is 187 g/mol. The molecule has 0 radical (unpaired) electrons. The van der Waals surface area contributed by atoms with Crippen LogP contribution in [0.2, 0.25) is 0 Å². The van der Waals surface area contributed by atoms with Crippen LogP contribution in [-0.4, -0.2) is 11.6 Å². The summed E-state index contributed by atoms with van der Waals surface area (Å²) in [6, 6.07) is 0. The first kappa shape index (κ1) is 14.7. The predicted molar refractivity (Wildman–Crippen MR) is 54.8 cm³/mol. The van der Waals surface area contributed by atoms with Crippen LogP contribution in [0.3, 0.4) is 0 Å². The summed E-state index contributed by atoms with van der Waals surface area (Å²) in [7, 11) is 0. The van der Waals surface area contributed by atoms with Gasteiger partial charge in [-0.1, -0.05) is 27.4 Å². The largest absolute Gasteiger partial charge is 0.456 e. The standard InChI is InChI=1S/C10H18O2.H3N/c1-7-8(11)12-10(5,6)9(2,3)4;/h7H,1H2,2-6H3;1H3. The third-order valence-electron chi connectivity index (χ3n) is 2.33. The van der Waals surface area contributed by atoms with Gasteiger partial charge in [-0.05, 0) is 13.8 Å². The molecule has 0 heterocycles. The summed E-state index contributed by atoms with van der Waals surface area (Å²) in [5.74, 6) is -0.366. The molecular formula is C10H21NO2. The Kier molecular flexibility index (Phi) is 4.99. The van der Waals surface area contributed by atoms with Gasteiger partial charge in [0.2, 0.25) is 0 Å². The van der Waals surface area contributed by atoms with Gasteiger partial charge in [0.1, 0.15) is 5.60 Å². The molecule has 0 saturated heterocycles. The number of ether oxygens (including phenoxy) is 1. The molecule has 0 amide bonds. The zero-order chi connectivity index (χ0) is 9.99. The van der Waals surface area contributed by atoms with Gasteiger partial charge < -0.3 is 10.9 Å². The first-order valence-electron chi connectivity index (χ1n) is 4.06. The summed E-state index contributed by atoms with van der Waals surface area (Å²) >= 11 is 0. The third-order valence-corrected chi connectivity index (χ3v) is 2.33. The van der Waals surface area contributed by atoms with Crippen molar-refractivity contribution in [2.24, 2.45) is 5.41 Å². The summed E-state index contributed by atoms with van der Waals surface area (Å²) in [5.41, 5.74) is -0.524. The fourth-order valence-corrected chi connectivity index (χ4v) is 0.446. The molecule has 0 spiro atoms. The van der Waals surface area contributed by atoms with Crippen LogP contribution in [0.4, 0.5) is 0 Å². The van der Waals surface area contributed by atoms with Gasteiger partial charge in [0.05, 0.1) is 0 Å². The molecule has 0 rings (SSSR count). The van der Waals surface area contributed by atoms with Crippen molar-refractivity contribution in [2.45, 2.75) is 40.2 Å². The molecule has 0 atom stereocenters. The van der Waals surface area contributed by atoms with Crippen LogP contribution in [0.1, 0.15) is 34.6 Å². The minimum Gasteiger partial charge on any atom is -0.456 e. The van der Waals surface area contributed by atoms with E-state index >= 15 is 0 Å². The number of hydrogen-bond donors (Lipinski definition) is 1. The Morgan fingerprint density at radius 3 is 1.85 bits per heavy atom. The molecular weight excluding hydrogens is 166 g/mol. The molecule has 0 aromatic heterocycles. The van der Waals surface area contributed by atoms with Gasteiger partial charge in [0.15, 0.2) is 0 Å². The fraction of sp³-hybridized carbons (Fsp3) is 0.700. The molecule has 0 aromatic rings. The fourth-order valence-electron chi connectivity index (χ4n) is 0.446. The van der Waals surface area contributed by atoms with E-state index in [-0.39, 0.29) is 17.5 Å². The van der Waals surface area contributed by atoms with Crippen LogP contribution in [0, 0.1) is 5.41 Å². The van der Waals surface area contributed by atoms with Crippen molar-refractivity contribution in [3.8, 4) is 0 Å². The Labute approximate surface area is 80.7 Å². The van der Waals surface area contributed by atoms with E-state index < -0.39 is 5.60 Å². The second kappa shape index (κ2) is 4.42. The molecule has 0 saturated carbocycles. The van der Waals surface area contributed by atoms with E-state index in [9.17, 15) is 4.79 Å². The van der Waals surface area contributed by atoms with E-state index in [4.69, 9.17) is 4.74 Å². The van der Waals surface area contributed by atoms with Crippen LogP contribution < -0.4 is 6.15 Å². The molecule has 78 valence electrons. The van der Waals surface area contributed by atoms with Gasteiger partial charge in [-0.25, -0.2) is 4.79 Å². The molecule has 0 fully saturated rings. The molecule has 3 N–H and O–H groups in total. The molecule has 0 aliphatic carbocycles. The van der Waals surface area contributed by atoms with Crippen molar-refractivity contribution < 1.29 is 9.53 Å². The first-order chi connectivity index (χ1) is 5.20. The smallest absolute Gasteiger partial charge is 0.330 e. The van der Waals surface area contributed by atoms with Gasteiger partial charge in [-0.3, -0.25) is 0 Å². The summed E-state index contributed by atoms with van der Waals surface area (Å²) < 4.78 is 5.19. The van der Waals surface area contributed by atoms with E-state index in [2.05, 4.69) is 6.58 Å². The topological polar surface area (TPSA) is 61.3 Å². The lowest BCUT2D eigenvalue weighted by atomic mass is 9.79. The highest BCUT2D eigenvalue weighted by Gasteiger charge is 2.35. The Morgan fingerprint density at radius 1 is 1.23 bits per heavy atom. The lowest BCUT2D eigenvalue weighted by Crippen LogP contribution is -2.40. The molecule has 3 heteroatoms. The molecule has 0 unspecified atom stereocenters. The van der Waals surface area contributed by atoms with Crippen molar-refractivity contribution in [2.75, 3.05) is 0 Å². The highest BCUT2D eigenvalue weighted by atomic mass is 16.6. The van der Waals surface area contributed by atoms with Gasteiger partial charge in [-0.2, -0.15) is 0 Å². The van der Waals surface area contributed by atoms with E-state index in [1.165, 1.54) is 6.08 Å². The highest BCUT2D eigenvalue weighted by Crippen LogP contribution is 2.32. The second-order valence-electron chi connectivity index (χ2n) is 4.39. The lowest BCUT2D eigenvalue weighted by molar-refractivity contribution is -0.160. The maximum atomic E-state index is 10.9. The Balaban J connectivity index is 0. The van der Waals surface area contributed by atoms with Crippen molar-refractivity contribution >= 4 is 5.97 Å². The monoisotopic (exact) mass is 187 g/mol. The van der Waals surface area contributed by atoms with Gasteiger partial charge in [-0.15, -0.1) is 0 Å². The van der Waals surface area contributed by atoms with E-state index in [1.807, 2.05) is 34.6 Å². The minimum atomic E-state index is -0.460. The van der Waals surface area contributed by atoms with Crippen LogP contribution in [0.5, 0.6) is 0 Å². The third kappa shape index (κ3) is 4.08. The zero-order valence-electron chi connectivity index (χ0n) is 9.31. The minimum absolute atomic E-state index is 0. The van der Waals surface area contributed by atoms with Crippen LogP contribution in [-0.2, 0) is 9.53 Å². The number of hydrogen-bond acceptors (Lipinski definition) is 3. The van der Waals surface area contributed by atoms with Gasteiger partial charge in [0.25, 0.3) is 0 Å². The average Bonchev–Trinajstić information content (AvgIpc) is 1.84. The SMILES string of the molecule is C=CC(=O)OC(C)(C)C(C)(C)C.N. The van der Waals surface area contributed by atoms with E-state index in [1.54, 1.807) is 0 Å². The summed E-state index contributed by atoms with van der Waals surface area (Å²) in [5, 5.41) is 0. The van der Waals surface area contributed by atoms with Crippen molar-refractivity contribution in [3.05, 3.63) is 12.7 Å².